The minimum atomic E-state index is -4.00. The monoisotopic (exact) mass is 392 g/mol. The molecular weight excluding hydrogens is 374 g/mol. The van der Waals surface area contributed by atoms with Gasteiger partial charge in [-0.05, 0) is 55.2 Å². The van der Waals surface area contributed by atoms with Crippen molar-refractivity contribution in [2.45, 2.75) is 30.6 Å². The molecule has 0 spiro atoms. The van der Waals surface area contributed by atoms with E-state index in [9.17, 15) is 22.0 Å². The lowest BCUT2D eigenvalue weighted by molar-refractivity contribution is -0.117. The largest absolute Gasteiger partial charge is 0.312 e. The highest BCUT2D eigenvalue weighted by molar-refractivity contribution is 7.92. The van der Waals surface area contributed by atoms with E-state index in [1.165, 1.54) is 18.2 Å². The number of carbonyl (C=O) groups excluding carboxylic acids is 1. The number of nitrogens with zero attached hydrogens (tertiary/aromatic N) is 2. The Labute approximate surface area is 156 Å². The molecule has 0 bridgehead atoms. The summed E-state index contributed by atoms with van der Waals surface area (Å²) in [5.74, 6) is -1.59. The maximum atomic E-state index is 14.3. The standard InChI is InChI=1S/C19H18F2N2O3S/c20-14-11-13-3-1-10-23(19(13)17(21)12-14)27(25,26)16-7-5-15(6-8-16)22-9-2-4-18(22)24/h5-8,11-12H,1-4,9-10H2. The number of fused-ring (bicyclic) bond motifs is 1. The molecule has 0 unspecified atom stereocenters. The first-order valence-electron chi connectivity index (χ1n) is 8.79. The fourth-order valence-electron chi connectivity index (χ4n) is 3.70. The summed E-state index contributed by atoms with van der Waals surface area (Å²) >= 11 is 0. The molecule has 2 aromatic rings. The number of aryl methyl sites for hydroxylation is 1. The van der Waals surface area contributed by atoms with Gasteiger partial charge in [-0.1, -0.05) is 0 Å². The van der Waals surface area contributed by atoms with Crippen LogP contribution in [0.5, 0.6) is 0 Å². The number of halogens is 2. The van der Waals surface area contributed by atoms with Gasteiger partial charge in [0.1, 0.15) is 5.82 Å². The van der Waals surface area contributed by atoms with Crippen molar-refractivity contribution in [2.75, 3.05) is 22.3 Å². The molecule has 0 saturated carbocycles. The maximum Gasteiger partial charge on any atom is 0.264 e. The molecule has 0 radical (unpaired) electrons. The first-order valence-corrected chi connectivity index (χ1v) is 10.2. The lowest BCUT2D eigenvalue weighted by atomic mass is 10.0. The second-order valence-corrected chi connectivity index (χ2v) is 8.58. The van der Waals surface area contributed by atoms with Gasteiger partial charge in [0.2, 0.25) is 5.91 Å². The van der Waals surface area contributed by atoms with Gasteiger partial charge >= 0.3 is 0 Å². The van der Waals surface area contributed by atoms with Crippen molar-refractivity contribution in [3.63, 3.8) is 0 Å². The molecule has 1 amide bonds. The minimum absolute atomic E-state index is 0.00877. The number of hydrogen-bond donors (Lipinski definition) is 0. The normalized spacial score (nSPS) is 17.3. The molecule has 1 fully saturated rings. The Bertz CT molecular complexity index is 1010. The first-order chi connectivity index (χ1) is 12.9. The van der Waals surface area contributed by atoms with Crippen molar-refractivity contribution >= 4 is 27.3 Å². The number of rotatable bonds is 3. The maximum absolute atomic E-state index is 14.3. The Morgan fingerprint density at radius 1 is 0.926 bits per heavy atom. The zero-order valence-corrected chi connectivity index (χ0v) is 15.3. The lowest BCUT2D eigenvalue weighted by Crippen LogP contribution is -2.36. The van der Waals surface area contributed by atoms with Crippen LogP contribution in [0.4, 0.5) is 20.2 Å². The smallest absolute Gasteiger partial charge is 0.264 e. The molecule has 27 heavy (non-hydrogen) atoms. The Balaban J connectivity index is 1.70. The Kier molecular flexibility index (Phi) is 4.38. The molecular formula is C19H18F2N2O3S. The van der Waals surface area contributed by atoms with Crippen LogP contribution < -0.4 is 9.21 Å². The molecule has 4 rings (SSSR count). The molecule has 0 atom stereocenters. The molecule has 0 N–H and O–H groups in total. The second kappa shape index (κ2) is 6.60. The Morgan fingerprint density at radius 3 is 2.30 bits per heavy atom. The zero-order valence-electron chi connectivity index (χ0n) is 14.5. The third kappa shape index (κ3) is 3.07. The van der Waals surface area contributed by atoms with Crippen LogP contribution in [0.3, 0.4) is 0 Å². The highest BCUT2D eigenvalue weighted by Crippen LogP contribution is 2.35. The minimum Gasteiger partial charge on any atom is -0.312 e. The van der Waals surface area contributed by atoms with Gasteiger partial charge in [0.05, 0.1) is 10.6 Å². The average Bonchev–Trinajstić information content (AvgIpc) is 3.07. The molecule has 0 aliphatic carbocycles. The van der Waals surface area contributed by atoms with Gasteiger partial charge in [0.15, 0.2) is 5.82 Å². The fourth-order valence-corrected chi connectivity index (χ4v) is 5.25. The van der Waals surface area contributed by atoms with E-state index in [-0.39, 0.29) is 23.0 Å². The molecule has 0 aromatic heterocycles. The van der Waals surface area contributed by atoms with E-state index in [1.807, 2.05) is 0 Å². The topological polar surface area (TPSA) is 57.7 Å². The van der Waals surface area contributed by atoms with Crippen LogP contribution >= 0.6 is 0 Å². The number of hydrogen-bond acceptors (Lipinski definition) is 3. The van der Waals surface area contributed by atoms with Crippen LogP contribution in [0.15, 0.2) is 41.3 Å². The van der Waals surface area contributed by atoms with Crippen LogP contribution in [-0.2, 0) is 21.2 Å². The zero-order chi connectivity index (χ0) is 19.2. The molecule has 142 valence electrons. The third-order valence-electron chi connectivity index (χ3n) is 4.97. The van der Waals surface area contributed by atoms with Gasteiger partial charge in [0.25, 0.3) is 10.0 Å². The molecule has 5 nitrogen and oxygen atoms in total. The molecule has 1 saturated heterocycles. The van der Waals surface area contributed by atoms with E-state index in [0.717, 1.165) is 10.7 Å². The number of sulfonamides is 1. The van der Waals surface area contributed by atoms with Crippen molar-refractivity contribution in [1.29, 1.82) is 0 Å². The predicted molar refractivity (Wildman–Crippen MR) is 97.2 cm³/mol. The summed E-state index contributed by atoms with van der Waals surface area (Å²) in [5.41, 5.74) is 0.909. The highest BCUT2D eigenvalue weighted by Gasteiger charge is 2.32. The summed E-state index contributed by atoms with van der Waals surface area (Å²) in [4.78, 5) is 13.5. The van der Waals surface area contributed by atoms with Gasteiger partial charge < -0.3 is 4.90 Å². The summed E-state index contributed by atoms with van der Waals surface area (Å²) in [6, 6.07) is 7.90. The third-order valence-corrected chi connectivity index (χ3v) is 6.79. The van der Waals surface area contributed by atoms with Gasteiger partial charge in [-0.2, -0.15) is 0 Å². The van der Waals surface area contributed by atoms with Crippen LogP contribution in [0.2, 0.25) is 0 Å². The van der Waals surface area contributed by atoms with Crippen molar-refractivity contribution in [1.82, 2.24) is 0 Å². The van der Waals surface area contributed by atoms with Crippen LogP contribution in [-0.4, -0.2) is 27.4 Å². The number of benzene rings is 2. The first kappa shape index (κ1) is 17.9. The van der Waals surface area contributed by atoms with Gasteiger partial charge in [-0.3, -0.25) is 9.10 Å². The predicted octanol–water partition coefficient (Wildman–Crippen LogP) is 3.23. The molecule has 2 aliphatic heterocycles. The molecule has 2 aromatic carbocycles. The summed E-state index contributed by atoms with van der Waals surface area (Å²) in [5, 5.41) is 0. The van der Waals surface area contributed by atoms with Crippen molar-refractivity contribution in [2.24, 2.45) is 0 Å². The molecule has 8 heteroatoms. The number of amides is 1. The van der Waals surface area contributed by atoms with Crippen molar-refractivity contribution in [3.05, 3.63) is 53.6 Å². The highest BCUT2D eigenvalue weighted by atomic mass is 32.2. The quantitative estimate of drug-likeness (QED) is 0.806. The summed E-state index contributed by atoms with van der Waals surface area (Å²) in [6.45, 7) is 0.742. The number of carbonyl (C=O) groups is 1. The second-order valence-electron chi connectivity index (χ2n) is 6.72. The van der Waals surface area contributed by atoms with Gasteiger partial charge in [0, 0.05) is 31.3 Å². The molecule has 2 heterocycles. The van der Waals surface area contributed by atoms with E-state index >= 15 is 0 Å². The van der Waals surface area contributed by atoms with Crippen molar-refractivity contribution in [3.8, 4) is 0 Å². The molecule has 2 aliphatic rings. The summed E-state index contributed by atoms with van der Waals surface area (Å²) in [7, 11) is -4.00. The van der Waals surface area contributed by atoms with Crippen molar-refractivity contribution < 1.29 is 22.0 Å². The summed E-state index contributed by atoms with van der Waals surface area (Å²) < 4.78 is 55.0. The SMILES string of the molecule is O=C1CCCN1c1ccc(S(=O)(=O)N2CCCc3cc(F)cc(F)c32)cc1. The average molecular weight is 392 g/mol. The Hall–Kier alpha value is -2.48. The van der Waals surface area contributed by atoms with Gasteiger partial charge in [-0.15, -0.1) is 0 Å². The lowest BCUT2D eigenvalue weighted by Gasteiger charge is -2.31. The van der Waals surface area contributed by atoms with E-state index in [1.54, 1.807) is 17.0 Å². The number of anilines is 2. The van der Waals surface area contributed by atoms with E-state index in [0.29, 0.717) is 43.1 Å². The Morgan fingerprint density at radius 2 is 1.63 bits per heavy atom. The summed E-state index contributed by atoms with van der Waals surface area (Å²) in [6.07, 6.45) is 2.17. The van der Waals surface area contributed by atoms with Crippen LogP contribution in [0.1, 0.15) is 24.8 Å². The van der Waals surface area contributed by atoms with E-state index in [2.05, 4.69) is 0 Å². The van der Waals surface area contributed by atoms with Gasteiger partial charge in [-0.25, -0.2) is 17.2 Å². The van der Waals surface area contributed by atoms with E-state index in [4.69, 9.17) is 0 Å². The van der Waals surface area contributed by atoms with Crippen LogP contribution in [0.25, 0.3) is 0 Å². The fraction of sp³-hybridized carbons (Fsp3) is 0.316. The van der Waals surface area contributed by atoms with Crippen LogP contribution in [0, 0.1) is 11.6 Å². The van der Waals surface area contributed by atoms with E-state index < -0.39 is 21.7 Å².